The van der Waals surface area contributed by atoms with Gasteiger partial charge in [0.05, 0.1) is 12.1 Å². The zero-order chi connectivity index (χ0) is 12.8. The smallest absolute Gasteiger partial charge is 0.242 e. The van der Waals surface area contributed by atoms with Gasteiger partial charge in [0.25, 0.3) is 0 Å². The van der Waals surface area contributed by atoms with E-state index in [0.29, 0.717) is 13.1 Å². The Morgan fingerprint density at radius 1 is 1.19 bits per heavy atom. The minimum absolute atomic E-state index is 0.0828. The van der Waals surface area contributed by atoms with E-state index in [1.54, 1.807) is 7.05 Å². The first-order chi connectivity index (χ1) is 7.35. The monoisotopic (exact) mass is 229 g/mol. The highest BCUT2D eigenvalue weighted by Crippen LogP contribution is 2.06. The van der Waals surface area contributed by atoms with E-state index in [2.05, 4.69) is 10.6 Å². The molecule has 0 aromatic rings. The average molecular weight is 229 g/mol. The molecule has 0 bridgehead atoms. The summed E-state index contributed by atoms with van der Waals surface area (Å²) in [5.74, 6) is -0.216. The molecule has 0 unspecified atom stereocenters. The highest BCUT2D eigenvalue weighted by molar-refractivity contribution is 5.89. The summed E-state index contributed by atoms with van der Waals surface area (Å²) in [7, 11) is 1.64. The van der Waals surface area contributed by atoms with Crippen molar-refractivity contribution < 1.29 is 9.59 Å². The number of nitrogens with zero attached hydrogens (tertiary/aromatic N) is 1. The van der Waals surface area contributed by atoms with Crippen molar-refractivity contribution in [3.63, 3.8) is 0 Å². The van der Waals surface area contributed by atoms with E-state index in [4.69, 9.17) is 0 Å². The molecule has 5 nitrogen and oxygen atoms in total. The molecule has 16 heavy (non-hydrogen) atoms. The number of carbonyl (C=O) groups excluding carboxylic acids is 2. The maximum Gasteiger partial charge on any atom is 0.242 e. The highest BCUT2D eigenvalue weighted by Gasteiger charge is 2.29. The Morgan fingerprint density at radius 2 is 1.75 bits per heavy atom. The summed E-state index contributed by atoms with van der Waals surface area (Å²) in [5, 5.41) is 5.75. The summed E-state index contributed by atoms with van der Waals surface area (Å²) in [6, 6.07) is 0. The number of amides is 2. The Hall–Kier alpha value is -1.10. The first-order valence-electron chi connectivity index (χ1n) is 5.62. The summed E-state index contributed by atoms with van der Waals surface area (Å²) in [6.45, 7) is 8.81. The fourth-order valence-electron chi connectivity index (χ4n) is 1.53. The van der Waals surface area contributed by atoms with Crippen molar-refractivity contribution in [1.29, 1.82) is 0 Å². The third-order valence-corrected chi connectivity index (χ3v) is 2.25. The van der Waals surface area contributed by atoms with Crippen molar-refractivity contribution in [3.05, 3.63) is 0 Å². The SMILES string of the molecule is CCNC(=O)CN(C)C(=O)C(C)(C)NCC. The van der Waals surface area contributed by atoms with Gasteiger partial charge in [-0.2, -0.15) is 0 Å². The first kappa shape index (κ1) is 14.9. The van der Waals surface area contributed by atoms with Gasteiger partial charge in [0.15, 0.2) is 0 Å². The van der Waals surface area contributed by atoms with E-state index >= 15 is 0 Å². The van der Waals surface area contributed by atoms with Gasteiger partial charge in [0.2, 0.25) is 11.8 Å². The predicted molar refractivity (Wildman–Crippen MR) is 64.1 cm³/mol. The van der Waals surface area contributed by atoms with E-state index in [9.17, 15) is 9.59 Å². The Balaban J connectivity index is 4.32. The van der Waals surface area contributed by atoms with E-state index < -0.39 is 5.54 Å². The van der Waals surface area contributed by atoms with Gasteiger partial charge in [-0.1, -0.05) is 6.92 Å². The van der Waals surface area contributed by atoms with Crippen LogP contribution >= 0.6 is 0 Å². The van der Waals surface area contributed by atoms with Crippen molar-refractivity contribution in [2.75, 3.05) is 26.7 Å². The number of nitrogens with one attached hydrogen (secondary N) is 2. The molecule has 0 aliphatic rings. The summed E-state index contributed by atoms with van der Waals surface area (Å²) in [5.41, 5.74) is -0.629. The van der Waals surface area contributed by atoms with Crippen molar-refractivity contribution in [3.8, 4) is 0 Å². The van der Waals surface area contributed by atoms with Gasteiger partial charge < -0.3 is 15.5 Å². The van der Waals surface area contributed by atoms with Crippen molar-refractivity contribution in [1.82, 2.24) is 15.5 Å². The van der Waals surface area contributed by atoms with Gasteiger partial charge >= 0.3 is 0 Å². The van der Waals surface area contributed by atoms with Gasteiger partial charge in [0.1, 0.15) is 0 Å². The topological polar surface area (TPSA) is 61.4 Å². The second-order valence-corrected chi connectivity index (χ2v) is 4.27. The molecule has 0 aliphatic carbocycles. The molecule has 0 aromatic heterocycles. The fraction of sp³-hybridized carbons (Fsp3) is 0.818. The lowest BCUT2D eigenvalue weighted by atomic mass is 10.0. The second kappa shape index (κ2) is 6.48. The largest absolute Gasteiger partial charge is 0.355 e. The number of hydrogen-bond donors (Lipinski definition) is 2. The van der Waals surface area contributed by atoms with Crippen LogP contribution in [0.4, 0.5) is 0 Å². The Bertz CT molecular complexity index is 252. The normalized spacial score (nSPS) is 11.1. The van der Waals surface area contributed by atoms with Crippen LogP contribution in [-0.2, 0) is 9.59 Å². The molecule has 2 amide bonds. The van der Waals surface area contributed by atoms with Crippen LogP contribution in [0.1, 0.15) is 27.7 Å². The van der Waals surface area contributed by atoms with Gasteiger partial charge in [-0.25, -0.2) is 0 Å². The lowest BCUT2D eigenvalue weighted by Crippen LogP contribution is -2.54. The van der Waals surface area contributed by atoms with Crippen LogP contribution in [0.15, 0.2) is 0 Å². The highest BCUT2D eigenvalue weighted by atomic mass is 16.2. The molecule has 0 saturated carbocycles. The Labute approximate surface area is 97.6 Å². The third kappa shape index (κ3) is 4.61. The molecule has 0 saturated heterocycles. The second-order valence-electron chi connectivity index (χ2n) is 4.27. The molecule has 94 valence electrons. The fourth-order valence-corrected chi connectivity index (χ4v) is 1.53. The molecule has 2 N–H and O–H groups in total. The molecule has 5 heteroatoms. The molecular weight excluding hydrogens is 206 g/mol. The first-order valence-corrected chi connectivity index (χ1v) is 5.62. The van der Waals surface area contributed by atoms with Gasteiger partial charge in [0, 0.05) is 13.6 Å². The van der Waals surface area contributed by atoms with Gasteiger partial charge in [-0.15, -0.1) is 0 Å². The molecule has 0 aromatic carbocycles. The Kier molecular flexibility index (Phi) is 6.03. The van der Waals surface area contributed by atoms with Crippen LogP contribution in [0.2, 0.25) is 0 Å². The number of hydrogen-bond acceptors (Lipinski definition) is 3. The molecule has 0 radical (unpaired) electrons. The van der Waals surface area contributed by atoms with Crippen LogP contribution in [0, 0.1) is 0 Å². The zero-order valence-electron chi connectivity index (χ0n) is 10.9. The molecule has 0 heterocycles. The summed E-state index contributed by atoms with van der Waals surface area (Å²) in [4.78, 5) is 24.7. The van der Waals surface area contributed by atoms with Crippen molar-refractivity contribution >= 4 is 11.8 Å². The van der Waals surface area contributed by atoms with Crippen LogP contribution in [0.3, 0.4) is 0 Å². The number of rotatable bonds is 6. The lowest BCUT2D eigenvalue weighted by Gasteiger charge is -2.29. The number of likely N-dealkylation sites (N-methyl/N-ethyl adjacent to an activating group) is 3. The quantitative estimate of drug-likeness (QED) is 0.672. The predicted octanol–water partition coefficient (Wildman–Crippen LogP) is -0.0310. The van der Waals surface area contributed by atoms with E-state index in [1.165, 1.54) is 4.90 Å². The van der Waals surface area contributed by atoms with E-state index in [0.717, 1.165) is 0 Å². The maximum atomic E-state index is 12.0. The standard InChI is InChI=1S/C11H23N3O2/c1-6-12-9(15)8-14(5)10(16)11(3,4)13-7-2/h13H,6-8H2,1-5H3,(H,12,15). The van der Waals surface area contributed by atoms with E-state index in [-0.39, 0.29) is 18.4 Å². The molecule has 0 fully saturated rings. The van der Waals surface area contributed by atoms with Crippen molar-refractivity contribution in [2.45, 2.75) is 33.2 Å². The van der Waals surface area contributed by atoms with Crippen molar-refractivity contribution in [2.24, 2.45) is 0 Å². The maximum absolute atomic E-state index is 12.0. The minimum Gasteiger partial charge on any atom is -0.355 e. The molecule has 0 spiro atoms. The summed E-state index contributed by atoms with van der Waals surface area (Å²) >= 11 is 0. The van der Waals surface area contributed by atoms with E-state index in [1.807, 2.05) is 27.7 Å². The molecule has 0 rings (SSSR count). The molecular formula is C11H23N3O2. The lowest BCUT2D eigenvalue weighted by molar-refractivity contribution is -0.139. The Morgan fingerprint density at radius 3 is 2.19 bits per heavy atom. The molecule has 0 aliphatic heterocycles. The average Bonchev–Trinajstić information content (AvgIpc) is 2.16. The van der Waals surface area contributed by atoms with Crippen LogP contribution in [-0.4, -0.2) is 48.9 Å². The minimum atomic E-state index is -0.629. The third-order valence-electron chi connectivity index (χ3n) is 2.25. The molecule has 0 atom stereocenters. The zero-order valence-corrected chi connectivity index (χ0v) is 10.9. The summed E-state index contributed by atoms with van der Waals surface area (Å²) < 4.78 is 0. The van der Waals surface area contributed by atoms with Gasteiger partial charge in [-0.3, -0.25) is 9.59 Å². The summed E-state index contributed by atoms with van der Waals surface area (Å²) in [6.07, 6.45) is 0. The number of carbonyl (C=O) groups is 2. The van der Waals surface area contributed by atoms with Gasteiger partial charge in [-0.05, 0) is 27.3 Å². The van der Waals surface area contributed by atoms with Crippen LogP contribution in [0.5, 0.6) is 0 Å². The van der Waals surface area contributed by atoms with Crippen LogP contribution < -0.4 is 10.6 Å². The van der Waals surface area contributed by atoms with Crippen LogP contribution in [0.25, 0.3) is 0 Å².